The molecule has 1 amide bonds. The van der Waals surface area contributed by atoms with Crippen LogP contribution in [0.4, 0.5) is 5.82 Å². The number of carbonyl (C=O) groups excluding carboxylic acids is 1. The molecule has 0 unspecified atom stereocenters. The van der Waals surface area contributed by atoms with E-state index in [4.69, 9.17) is 5.84 Å². The molecule has 0 fully saturated rings. The van der Waals surface area contributed by atoms with Crippen LogP contribution in [-0.2, 0) is 6.42 Å². The minimum absolute atomic E-state index is 0.201. The average molecular weight is 263 g/mol. The Morgan fingerprint density at radius 3 is 3.00 bits per heavy atom. The van der Waals surface area contributed by atoms with Gasteiger partial charge in [-0.15, -0.1) is 11.3 Å². The molecule has 0 radical (unpaired) electrons. The number of nitrogens with zero attached hydrogens (tertiary/aromatic N) is 2. The summed E-state index contributed by atoms with van der Waals surface area (Å²) in [5.74, 6) is 5.46. The molecule has 6 nitrogen and oxygen atoms in total. The maximum Gasteiger partial charge on any atom is 0.255 e. The van der Waals surface area contributed by atoms with Crippen molar-refractivity contribution in [2.45, 2.75) is 6.42 Å². The van der Waals surface area contributed by atoms with Crippen LogP contribution in [0.25, 0.3) is 0 Å². The molecule has 0 aliphatic heterocycles. The second-order valence-electron chi connectivity index (χ2n) is 3.48. The van der Waals surface area contributed by atoms with Crippen LogP contribution in [0.5, 0.6) is 0 Å². The van der Waals surface area contributed by atoms with E-state index in [1.165, 1.54) is 0 Å². The first kappa shape index (κ1) is 12.5. The zero-order valence-electron chi connectivity index (χ0n) is 9.59. The molecule has 2 aromatic rings. The smallest absolute Gasteiger partial charge is 0.255 e. The Morgan fingerprint density at radius 1 is 1.39 bits per heavy atom. The summed E-state index contributed by atoms with van der Waals surface area (Å²) in [6, 6.07) is 3.36. The van der Waals surface area contributed by atoms with E-state index in [9.17, 15) is 4.79 Å². The molecule has 4 N–H and O–H groups in total. The number of nitrogen functional groups attached to an aromatic ring is 1. The highest BCUT2D eigenvalue weighted by Crippen LogP contribution is 2.09. The van der Waals surface area contributed by atoms with Crippen LogP contribution in [0.1, 0.15) is 15.4 Å². The van der Waals surface area contributed by atoms with Crippen LogP contribution in [0.15, 0.2) is 29.9 Å². The van der Waals surface area contributed by atoms with Gasteiger partial charge in [-0.3, -0.25) is 4.79 Å². The molecule has 7 heteroatoms. The lowest BCUT2D eigenvalue weighted by atomic mass is 10.2. The summed E-state index contributed by atoms with van der Waals surface area (Å²) in [5.41, 5.74) is 2.83. The Kier molecular flexibility index (Phi) is 4.21. The first-order valence-corrected chi connectivity index (χ1v) is 6.27. The van der Waals surface area contributed by atoms with Gasteiger partial charge in [0.15, 0.2) is 5.82 Å². The second-order valence-corrected chi connectivity index (χ2v) is 4.45. The predicted octanol–water partition coefficient (Wildman–Crippen LogP) is 0.796. The molecule has 0 atom stereocenters. The number of aromatic nitrogens is 2. The van der Waals surface area contributed by atoms with Crippen molar-refractivity contribution in [2.24, 2.45) is 5.84 Å². The third-order valence-electron chi connectivity index (χ3n) is 2.30. The van der Waals surface area contributed by atoms with E-state index in [1.54, 1.807) is 35.9 Å². The molecule has 0 aliphatic carbocycles. The number of thiazole rings is 1. The van der Waals surface area contributed by atoms with Crippen molar-refractivity contribution in [1.29, 1.82) is 0 Å². The molecule has 0 saturated heterocycles. The fourth-order valence-electron chi connectivity index (χ4n) is 1.46. The lowest BCUT2D eigenvalue weighted by molar-refractivity contribution is 0.0954. The Morgan fingerprint density at radius 2 is 2.28 bits per heavy atom. The van der Waals surface area contributed by atoms with Gasteiger partial charge in [-0.1, -0.05) is 0 Å². The molecule has 0 aliphatic rings. The number of amides is 1. The zero-order chi connectivity index (χ0) is 12.8. The Hall–Kier alpha value is -1.99. The summed E-state index contributed by atoms with van der Waals surface area (Å²) in [7, 11) is 0. The van der Waals surface area contributed by atoms with E-state index < -0.39 is 0 Å². The van der Waals surface area contributed by atoms with Gasteiger partial charge in [-0.05, 0) is 12.1 Å². The molecular weight excluding hydrogens is 250 g/mol. The minimum atomic E-state index is -0.201. The number of carbonyl (C=O) groups is 1. The van der Waals surface area contributed by atoms with Crippen molar-refractivity contribution in [2.75, 3.05) is 12.0 Å². The van der Waals surface area contributed by atoms with Gasteiger partial charge in [-0.2, -0.15) is 0 Å². The number of pyridine rings is 1. The molecule has 0 aromatic carbocycles. The van der Waals surface area contributed by atoms with E-state index in [1.807, 2.05) is 5.38 Å². The SMILES string of the molecule is NNc1ncccc1C(=O)NCCc1nccs1. The van der Waals surface area contributed by atoms with Crippen molar-refractivity contribution < 1.29 is 4.79 Å². The number of hydrogen-bond acceptors (Lipinski definition) is 6. The third kappa shape index (κ3) is 3.02. The molecule has 94 valence electrons. The number of hydrogen-bond donors (Lipinski definition) is 3. The molecule has 0 bridgehead atoms. The summed E-state index contributed by atoms with van der Waals surface area (Å²) < 4.78 is 0. The van der Waals surface area contributed by atoms with Gasteiger partial charge in [0, 0.05) is 30.7 Å². The Labute approximate surface area is 108 Å². The predicted molar refractivity (Wildman–Crippen MR) is 70.2 cm³/mol. The highest BCUT2D eigenvalue weighted by atomic mass is 32.1. The van der Waals surface area contributed by atoms with Crippen LogP contribution in [-0.4, -0.2) is 22.4 Å². The van der Waals surface area contributed by atoms with Gasteiger partial charge < -0.3 is 10.7 Å². The lowest BCUT2D eigenvalue weighted by Gasteiger charge is -2.07. The van der Waals surface area contributed by atoms with Crippen LogP contribution in [0.2, 0.25) is 0 Å². The summed E-state index contributed by atoms with van der Waals surface area (Å²) in [5, 5.41) is 5.71. The van der Waals surface area contributed by atoms with Gasteiger partial charge >= 0.3 is 0 Å². The molecule has 2 heterocycles. The van der Waals surface area contributed by atoms with Gasteiger partial charge in [-0.25, -0.2) is 15.8 Å². The zero-order valence-corrected chi connectivity index (χ0v) is 10.4. The van der Waals surface area contributed by atoms with Crippen LogP contribution >= 0.6 is 11.3 Å². The van der Waals surface area contributed by atoms with Crippen LogP contribution < -0.4 is 16.6 Å². The maximum atomic E-state index is 11.9. The number of nitrogens with two attached hydrogens (primary N) is 1. The third-order valence-corrected chi connectivity index (χ3v) is 3.14. The Bertz CT molecular complexity index is 514. The molecule has 0 saturated carbocycles. The van der Waals surface area contributed by atoms with E-state index in [-0.39, 0.29) is 5.91 Å². The van der Waals surface area contributed by atoms with E-state index in [0.29, 0.717) is 17.9 Å². The molecule has 18 heavy (non-hydrogen) atoms. The van der Waals surface area contributed by atoms with Crippen molar-refractivity contribution in [3.8, 4) is 0 Å². The minimum Gasteiger partial charge on any atom is -0.351 e. The maximum absolute atomic E-state index is 11.9. The monoisotopic (exact) mass is 263 g/mol. The molecule has 2 rings (SSSR count). The number of rotatable bonds is 5. The van der Waals surface area contributed by atoms with Crippen molar-refractivity contribution in [3.63, 3.8) is 0 Å². The summed E-state index contributed by atoms with van der Waals surface area (Å²) in [6.07, 6.45) is 4.04. The topological polar surface area (TPSA) is 92.9 Å². The van der Waals surface area contributed by atoms with E-state index in [0.717, 1.165) is 11.4 Å². The second kappa shape index (κ2) is 6.08. The number of hydrazine groups is 1. The standard InChI is InChI=1S/C11H13N5OS/c12-16-10-8(2-1-4-14-10)11(17)15-5-3-9-13-6-7-18-9/h1-2,4,6-7H,3,5,12H2,(H,14,16)(H,15,17). The van der Waals surface area contributed by atoms with Crippen molar-refractivity contribution in [3.05, 3.63) is 40.5 Å². The largest absolute Gasteiger partial charge is 0.351 e. The Balaban J connectivity index is 1.91. The van der Waals surface area contributed by atoms with Crippen molar-refractivity contribution >= 4 is 23.1 Å². The van der Waals surface area contributed by atoms with Gasteiger partial charge in [0.25, 0.3) is 5.91 Å². The number of anilines is 1. The quantitative estimate of drug-likeness (QED) is 0.548. The molecule has 0 spiro atoms. The van der Waals surface area contributed by atoms with Gasteiger partial charge in [0.1, 0.15) is 0 Å². The van der Waals surface area contributed by atoms with Gasteiger partial charge in [0.2, 0.25) is 0 Å². The fraction of sp³-hybridized carbons (Fsp3) is 0.182. The van der Waals surface area contributed by atoms with E-state index >= 15 is 0 Å². The normalized spacial score (nSPS) is 10.1. The summed E-state index contributed by atoms with van der Waals surface area (Å²) in [4.78, 5) is 20.0. The average Bonchev–Trinajstić information content (AvgIpc) is 2.91. The van der Waals surface area contributed by atoms with Gasteiger partial charge in [0.05, 0.1) is 10.6 Å². The highest BCUT2D eigenvalue weighted by molar-refractivity contribution is 7.09. The fourth-order valence-corrected chi connectivity index (χ4v) is 2.08. The number of nitrogens with one attached hydrogen (secondary N) is 2. The van der Waals surface area contributed by atoms with Crippen molar-refractivity contribution in [1.82, 2.24) is 15.3 Å². The highest BCUT2D eigenvalue weighted by Gasteiger charge is 2.10. The first-order chi connectivity index (χ1) is 8.81. The van der Waals surface area contributed by atoms with Crippen LogP contribution in [0, 0.1) is 0 Å². The first-order valence-electron chi connectivity index (χ1n) is 5.39. The summed E-state index contributed by atoms with van der Waals surface area (Å²) >= 11 is 1.57. The molecular formula is C11H13N5OS. The lowest BCUT2D eigenvalue weighted by Crippen LogP contribution is -2.27. The summed E-state index contributed by atoms with van der Waals surface area (Å²) in [6.45, 7) is 0.533. The van der Waals surface area contributed by atoms with E-state index in [2.05, 4.69) is 20.7 Å². The molecule has 2 aromatic heterocycles. The van der Waals surface area contributed by atoms with Crippen LogP contribution in [0.3, 0.4) is 0 Å².